The van der Waals surface area contributed by atoms with Crippen molar-refractivity contribution in [1.82, 2.24) is 5.32 Å². The first-order valence-corrected chi connectivity index (χ1v) is 6.21. The SMILES string of the molecule is N=CC1=C(Nc2ccccc2F)CCCC1NC=O. The standard InChI is InChI=1S/C14H16FN3O/c15-11-4-1-2-5-14(11)18-13-7-3-6-12(17-9-19)10(13)8-16/h1-2,4-5,8-9,12,16,18H,3,6-7H2,(H,17,19). The molecule has 0 bridgehead atoms. The maximum atomic E-state index is 13.6. The van der Waals surface area contributed by atoms with Gasteiger partial charge in [0.05, 0.1) is 11.7 Å². The van der Waals surface area contributed by atoms with Crippen molar-refractivity contribution in [2.45, 2.75) is 25.3 Å². The summed E-state index contributed by atoms with van der Waals surface area (Å²) in [5, 5.41) is 13.2. The van der Waals surface area contributed by atoms with Gasteiger partial charge < -0.3 is 16.0 Å². The van der Waals surface area contributed by atoms with Gasteiger partial charge in [0.2, 0.25) is 6.41 Å². The molecule has 19 heavy (non-hydrogen) atoms. The summed E-state index contributed by atoms with van der Waals surface area (Å²) in [6, 6.07) is 6.25. The molecule has 2 rings (SSSR count). The normalized spacial score (nSPS) is 18.9. The van der Waals surface area contributed by atoms with Crippen LogP contribution in [0.25, 0.3) is 0 Å². The Hall–Kier alpha value is -2.17. The zero-order valence-corrected chi connectivity index (χ0v) is 10.4. The second kappa shape index (κ2) is 6.13. The van der Waals surface area contributed by atoms with Gasteiger partial charge in [-0.05, 0) is 31.4 Å². The first-order valence-electron chi connectivity index (χ1n) is 6.21. The molecule has 100 valence electrons. The minimum absolute atomic E-state index is 0.168. The second-order valence-electron chi connectivity index (χ2n) is 4.41. The van der Waals surface area contributed by atoms with Crippen LogP contribution in [0.15, 0.2) is 35.5 Å². The third-order valence-electron chi connectivity index (χ3n) is 3.23. The molecule has 1 amide bonds. The largest absolute Gasteiger partial charge is 0.356 e. The number of halogens is 1. The molecular weight excluding hydrogens is 245 g/mol. The van der Waals surface area contributed by atoms with E-state index < -0.39 is 0 Å². The number of nitrogens with one attached hydrogen (secondary N) is 3. The minimum atomic E-state index is -0.329. The Bertz CT molecular complexity index is 513. The van der Waals surface area contributed by atoms with Gasteiger partial charge in [0.1, 0.15) is 5.82 Å². The first kappa shape index (κ1) is 13.3. The third kappa shape index (κ3) is 2.99. The van der Waals surface area contributed by atoms with Gasteiger partial charge in [-0.2, -0.15) is 0 Å². The van der Waals surface area contributed by atoms with Crippen LogP contribution in [0.4, 0.5) is 10.1 Å². The number of hydrogen-bond donors (Lipinski definition) is 3. The van der Waals surface area contributed by atoms with E-state index in [2.05, 4.69) is 10.6 Å². The fraction of sp³-hybridized carbons (Fsp3) is 0.286. The minimum Gasteiger partial charge on any atom is -0.356 e. The van der Waals surface area contributed by atoms with Gasteiger partial charge >= 0.3 is 0 Å². The Kier molecular flexibility index (Phi) is 4.28. The van der Waals surface area contributed by atoms with Gasteiger partial charge in [-0.25, -0.2) is 4.39 Å². The lowest BCUT2D eigenvalue weighted by Gasteiger charge is -2.26. The van der Waals surface area contributed by atoms with Crippen molar-refractivity contribution in [2.24, 2.45) is 0 Å². The van der Waals surface area contributed by atoms with Crippen molar-refractivity contribution in [1.29, 1.82) is 5.41 Å². The first-order chi connectivity index (χ1) is 9.26. The van der Waals surface area contributed by atoms with E-state index in [4.69, 9.17) is 5.41 Å². The number of carbonyl (C=O) groups excluding carboxylic acids is 1. The molecule has 0 aromatic heterocycles. The Morgan fingerprint density at radius 3 is 2.84 bits per heavy atom. The van der Waals surface area contributed by atoms with Crippen molar-refractivity contribution >= 4 is 18.3 Å². The number of anilines is 1. The lowest BCUT2D eigenvalue weighted by molar-refractivity contribution is -0.110. The second-order valence-corrected chi connectivity index (χ2v) is 4.41. The van der Waals surface area contributed by atoms with Crippen LogP contribution in [-0.4, -0.2) is 18.7 Å². The highest BCUT2D eigenvalue weighted by Crippen LogP contribution is 2.26. The summed E-state index contributed by atoms with van der Waals surface area (Å²) < 4.78 is 13.6. The lowest BCUT2D eigenvalue weighted by Crippen LogP contribution is -2.34. The van der Waals surface area contributed by atoms with Gasteiger partial charge in [-0.15, -0.1) is 0 Å². The molecule has 0 radical (unpaired) electrons. The van der Waals surface area contributed by atoms with Crippen LogP contribution < -0.4 is 10.6 Å². The average molecular weight is 261 g/mol. The predicted octanol–water partition coefficient (Wildman–Crippen LogP) is 2.44. The van der Waals surface area contributed by atoms with Gasteiger partial charge in [-0.3, -0.25) is 4.79 Å². The summed E-state index contributed by atoms with van der Waals surface area (Å²) in [4.78, 5) is 10.6. The van der Waals surface area contributed by atoms with E-state index in [1.807, 2.05) is 0 Å². The molecule has 0 spiro atoms. The zero-order chi connectivity index (χ0) is 13.7. The average Bonchev–Trinajstić information content (AvgIpc) is 2.42. The van der Waals surface area contributed by atoms with E-state index in [1.165, 1.54) is 12.3 Å². The number of amides is 1. The Labute approximate surface area is 111 Å². The smallest absolute Gasteiger partial charge is 0.207 e. The summed E-state index contributed by atoms with van der Waals surface area (Å²) in [6.07, 6.45) is 4.30. The molecule has 0 fully saturated rings. The zero-order valence-electron chi connectivity index (χ0n) is 10.4. The number of hydrogen-bond acceptors (Lipinski definition) is 3. The predicted molar refractivity (Wildman–Crippen MR) is 72.7 cm³/mol. The Balaban J connectivity index is 2.27. The van der Waals surface area contributed by atoms with Crippen LogP contribution in [0.1, 0.15) is 19.3 Å². The molecule has 1 unspecified atom stereocenters. The lowest BCUT2D eigenvalue weighted by atomic mass is 9.92. The molecule has 0 saturated carbocycles. The fourth-order valence-electron chi connectivity index (χ4n) is 2.30. The van der Waals surface area contributed by atoms with E-state index >= 15 is 0 Å². The summed E-state index contributed by atoms with van der Waals surface area (Å²) in [5.74, 6) is -0.329. The molecule has 0 saturated heterocycles. The Morgan fingerprint density at radius 1 is 1.37 bits per heavy atom. The van der Waals surface area contributed by atoms with E-state index in [1.54, 1.807) is 18.2 Å². The summed E-state index contributed by atoms with van der Waals surface area (Å²) in [6.45, 7) is 0. The molecule has 1 aliphatic rings. The number of para-hydroxylation sites is 1. The van der Waals surface area contributed by atoms with E-state index in [-0.39, 0.29) is 11.9 Å². The van der Waals surface area contributed by atoms with Crippen LogP contribution >= 0.6 is 0 Å². The van der Waals surface area contributed by atoms with Crippen molar-refractivity contribution in [3.8, 4) is 0 Å². The van der Waals surface area contributed by atoms with E-state index in [0.717, 1.165) is 25.0 Å². The molecule has 1 aromatic carbocycles. The van der Waals surface area contributed by atoms with Gasteiger partial charge in [-0.1, -0.05) is 12.1 Å². The summed E-state index contributed by atoms with van der Waals surface area (Å²) in [7, 11) is 0. The Morgan fingerprint density at radius 2 is 2.16 bits per heavy atom. The number of carbonyl (C=O) groups is 1. The molecule has 0 aliphatic heterocycles. The maximum Gasteiger partial charge on any atom is 0.207 e. The number of rotatable bonds is 5. The molecular formula is C14H16FN3O. The maximum absolute atomic E-state index is 13.6. The molecule has 0 heterocycles. The highest BCUT2D eigenvalue weighted by atomic mass is 19.1. The van der Waals surface area contributed by atoms with Crippen molar-refractivity contribution < 1.29 is 9.18 Å². The monoisotopic (exact) mass is 261 g/mol. The van der Waals surface area contributed by atoms with Gasteiger partial charge in [0.15, 0.2) is 0 Å². The fourth-order valence-corrected chi connectivity index (χ4v) is 2.30. The summed E-state index contributed by atoms with van der Waals surface area (Å²) >= 11 is 0. The molecule has 5 heteroatoms. The van der Waals surface area contributed by atoms with Crippen molar-refractivity contribution in [2.75, 3.05) is 5.32 Å². The van der Waals surface area contributed by atoms with E-state index in [0.29, 0.717) is 17.7 Å². The van der Waals surface area contributed by atoms with Crippen molar-refractivity contribution in [3.63, 3.8) is 0 Å². The van der Waals surface area contributed by atoms with Crippen LogP contribution in [-0.2, 0) is 4.79 Å². The highest BCUT2D eigenvalue weighted by molar-refractivity contribution is 5.81. The van der Waals surface area contributed by atoms with Crippen LogP contribution in [0.5, 0.6) is 0 Å². The van der Waals surface area contributed by atoms with Gasteiger partial charge in [0.25, 0.3) is 0 Å². The van der Waals surface area contributed by atoms with Crippen LogP contribution in [0.2, 0.25) is 0 Å². The molecule has 3 N–H and O–H groups in total. The van der Waals surface area contributed by atoms with Crippen molar-refractivity contribution in [3.05, 3.63) is 41.4 Å². The van der Waals surface area contributed by atoms with Crippen LogP contribution in [0, 0.1) is 11.2 Å². The highest BCUT2D eigenvalue weighted by Gasteiger charge is 2.21. The van der Waals surface area contributed by atoms with E-state index in [9.17, 15) is 9.18 Å². The third-order valence-corrected chi connectivity index (χ3v) is 3.23. The topological polar surface area (TPSA) is 65.0 Å². The molecule has 4 nitrogen and oxygen atoms in total. The number of benzene rings is 1. The number of allylic oxidation sites excluding steroid dienone is 1. The summed E-state index contributed by atoms with van der Waals surface area (Å²) in [5.41, 5.74) is 1.90. The van der Waals surface area contributed by atoms with Gasteiger partial charge in [0, 0.05) is 17.5 Å². The molecule has 1 aromatic rings. The molecule has 1 atom stereocenters. The van der Waals surface area contributed by atoms with Crippen LogP contribution in [0.3, 0.4) is 0 Å². The molecule has 1 aliphatic carbocycles. The quantitative estimate of drug-likeness (QED) is 0.563.